The maximum Gasteiger partial charge on any atom is 0.133 e. The average Bonchev–Trinajstić information content (AvgIpc) is 2.79. The highest BCUT2D eigenvalue weighted by Crippen LogP contribution is 2.60. The second-order valence-electron chi connectivity index (χ2n) is 6.74. The number of allylic oxidation sites excluding steroid dienone is 2. The summed E-state index contributed by atoms with van der Waals surface area (Å²) in [5.41, 5.74) is 6.13. The summed E-state index contributed by atoms with van der Waals surface area (Å²) in [6.45, 7) is 3.39. The molecule has 3 atom stereocenters. The average molecular weight is 265 g/mol. The lowest BCUT2D eigenvalue weighted by molar-refractivity contribution is 0.112. The lowest BCUT2D eigenvalue weighted by Gasteiger charge is -2.53. The summed E-state index contributed by atoms with van der Waals surface area (Å²) in [5.74, 6) is 1.14. The van der Waals surface area contributed by atoms with E-state index in [0.29, 0.717) is 6.04 Å². The van der Waals surface area contributed by atoms with Crippen molar-refractivity contribution in [1.82, 2.24) is 4.90 Å². The number of likely N-dealkylation sites (N-methyl/N-ethyl adjacent to an activating group) is 1. The molecule has 2 heteroatoms. The van der Waals surface area contributed by atoms with Crippen molar-refractivity contribution < 1.29 is 4.74 Å². The van der Waals surface area contributed by atoms with Gasteiger partial charge in [0, 0.05) is 11.6 Å². The molecule has 1 aromatic rings. The number of ether oxygens (including phenoxy) is 1. The zero-order chi connectivity index (χ0) is 13.5. The first kappa shape index (κ1) is 11.2. The molecule has 102 valence electrons. The number of hydrogen-bond acceptors (Lipinski definition) is 2. The Morgan fingerprint density at radius 3 is 3.10 bits per heavy atom. The van der Waals surface area contributed by atoms with E-state index in [-0.39, 0.29) is 11.5 Å². The topological polar surface area (TPSA) is 12.5 Å². The van der Waals surface area contributed by atoms with Crippen molar-refractivity contribution in [2.75, 3.05) is 13.6 Å². The molecule has 0 saturated carbocycles. The smallest absolute Gasteiger partial charge is 0.133 e. The number of hydrogen-bond donors (Lipinski definition) is 0. The van der Waals surface area contributed by atoms with Crippen molar-refractivity contribution >= 4 is 0 Å². The van der Waals surface area contributed by atoms with E-state index in [4.69, 9.17) is 4.74 Å². The van der Waals surface area contributed by atoms with E-state index in [9.17, 15) is 0 Å². The minimum Gasteiger partial charge on any atom is -0.484 e. The van der Waals surface area contributed by atoms with E-state index in [1.54, 1.807) is 5.57 Å². The summed E-state index contributed by atoms with van der Waals surface area (Å²) in [6.07, 6.45) is 7.22. The minimum absolute atomic E-state index is 0.139. The maximum absolute atomic E-state index is 6.40. The summed E-state index contributed by atoms with van der Waals surface area (Å²) < 4.78 is 6.40. The molecule has 2 aliphatic carbocycles. The normalized spacial score (nSPS) is 36.9. The molecule has 0 radical (unpaired) electrons. The van der Waals surface area contributed by atoms with E-state index in [0.717, 1.165) is 12.2 Å². The predicted octanol–water partition coefficient (Wildman–Crippen LogP) is 2.83. The van der Waals surface area contributed by atoms with Crippen LogP contribution in [0.25, 0.3) is 0 Å². The molecule has 2 bridgehead atoms. The molecule has 4 aliphatic rings. The van der Waals surface area contributed by atoms with Gasteiger partial charge in [-0.1, -0.05) is 24.3 Å². The quantitative estimate of drug-likeness (QED) is 0.715. The van der Waals surface area contributed by atoms with Crippen LogP contribution in [0.2, 0.25) is 0 Å². The molecule has 2 nitrogen and oxygen atoms in total. The van der Waals surface area contributed by atoms with Gasteiger partial charge in [-0.25, -0.2) is 0 Å². The van der Waals surface area contributed by atoms with Gasteiger partial charge in [0.05, 0.1) is 5.41 Å². The van der Waals surface area contributed by atoms with Gasteiger partial charge < -0.3 is 4.74 Å². The molecule has 1 fully saturated rings. The van der Waals surface area contributed by atoms with Crippen molar-refractivity contribution in [2.24, 2.45) is 0 Å². The van der Waals surface area contributed by atoms with E-state index in [1.807, 2.05) is 0 Å². The lowest BCUT2D eigenvalue weighted by atomic mass is 9.56. The Bertz CT molecular complexity index is 687. The third kappa shape index (κ3) is 1.04. The van der Waals surface area contributed by atoms with Gasteiger partial charge in [0.1, 0.15) is 11.9 Å². The summed E-state index contributed by atoms with van der Waals surface area (Å²) in [7, 11) is 2.27. The van der Waals surface area contributed by atoms with Crippen LogP contribution in [0.15, 0.2) is 41.5 Å². The van der Waals surface area contributed by atoms with Crippen molar-refractivity contribution in [2.45, 2.75) is 37.3 Å². The van der Waals surface area contributed by atoms with E-state index >= 15 is 0 Å². The number of rotatable bonds is 0. The van der Waals surface area contributed by atoms with Crippen LogP contribution >= 0.6 is 0 Å². The van der Waals surface area contributed by atoms with Crippen LogP contribution in [0.5, 0.6) is 5.75 Å². The second-order valence-corrected chi connectivity index (χ2v) is 6.74. The predicted molar refractivity (Wildman–Crippen MR) is 79.1 cm³/mol. The molecule has 2 aliphatic heterocycles. The Kier molecular flexibility index (Phi) is 1.88. The van der Waals surface area contributed by atoms with Gasteiger partial charge in [-0.05, 0) is 56.1 Å². The molecule has 0 aromatic heterocycles. The molecule has 1 unspecified atom stereocenters. The minimum atomic E-state index is 0.139. The van der Waals surface area contributed by atoms with Crippen molar-refractivity contribution in [3.8, 4) is 5.75 Å². The van der Waals surface area contributed by atoms with Crippen molar-refractivity contribution in [1.29, 1.82) is 0 Å². The maximum atomic E-state index is 6.40. The van der Waals surface area contributed by atoms with E-state index in [1.165, 1.54) is 29.7 Å². The summed E-state index contributed by atoms with van der Waals surface area (Å²) in [5, 5.41) is 0. The Morgan fingerprint density at radius 1 is 1.30 bits per heavy atom. The second kappa shape index (κ2) is 3.37. The van der Waals surface area contributed by atoms with Crippen LogP contribution in [-0.4, -0.2) is 30.6 Å². The van der Waals surface area contributed by atoms with Gasteiger partial charge >= 0.3 is 0 Å². The molecule has 0 amide bonds. The van der Waals surface area contributed by atoms with Gasteiger partial charge in [0.25, 0.3) is 0 Å². The van der Waals surface area contributed by atoms with Crippen LogP contribution < -0.4 is 4.74 Å². The number of piperidine rings is 1. The van der Waals surface area contributed by atoms with E-state index in [2.05, 4.69) is 49.2 Å². The molecular weight excluding hydrogens is 246 g/mol. The third-order valence-corrected chi connectivity index (χ3v) is 5.87. The summed E-state index contributed by atoms with van der Waals surface area (Å²) >= 11 is 0. The highest BCUT2D eigenvalue weighted by atomic mass is 16.5. The van der Waals surface area contributed by atoms with Crippen molar-refractivity contribution in [3.05, 3.63) is 52.6 Å². The molecule has 0 N–H and O–H groups in total. The fraction of sp³-hybridized carbons (Fsp3) is 0.444. The van der Waals surface area contributed by atoms with Crippen LogP contribution in [-0.2, 0) is 11.8 Å². The van der Waals surface area contributed by atoms with E-state index < -0.39 is 0 Å². The molecule has 5 rings (SSSR count). The Balaban J connectivity index is 1.88. The van der Waals surface area contributed by atoms with Gasteiger partial charge in [0.15, 0.2) is 0 Å². The molecule has 1 aromatic carbocycles. The molecule has 2 heterocycles. The Labute approximate surface area is 119 Å². The van der Waals surface area contributed by atoms with Gasteiger partial charge in [-0.2, -0.15) is 0 Å². The van der Waals surface area contributed by atoms with Gasteiger partial charge in [0.2, 0.25) is 0 Å². The molecule has 20 heavy (non-hydrogen) atoms. The fourth-order valence-corrected chi connectivity index (χ4v) is 4.97. The monoisotopic (exact) mass is 265 g/mol. The number of nitrogens with zero attached hydrogens (tertiary/aromatic N) is 1. The molecule has 1 spiro atoms. The Hall–Kier alpha value is -1.54. The SMILES string of the molecule is CC1=CC=C2C3Cc4cccc5c4[C@@]2(CCN3C)[C@H]1O5. The first-order valence-corrected chi connectivity index (χ1v) is 7.60. The van der Waals surface area contributed by atoms with Crippen LogP contribution in [0, 0.1) is 0 Å². The van der Waals surface area contributed by atoms with Crippen molar-refractivity contribution in [3.63, 3.8) is 0 Å². The summed E-state index contributed by atoms with van der Waals surface area (Å²) in [6, 6.07) is 7.18. The van der Waals surface area contributed by atoms with Crippen LogP contribution in [0.1, 0.15) is 24.5 Å². The first-order valence-electron chi connectivity index (χ1n) is 7.60. The Morgan fingerprint density at radius 2 is 2.20 bits per heavy atom. The third-order valence-electron chi connectivity index (χ3n) is 5.87. The number of benzene rings is 1. The van der Waals surface area contributed by atoms with Crippen LogP contribution in [0.3, 0.4) is 0 Å². The fourth-order valence-electron chi connectivity index (χ4n) is 4.97. The van der Waals surface area contributed by atoms with Gasteiger partial charge in [-0.15, -0.1) is 0 Å². The number of likely N-dealkylation sites (tertiary alicyclic amines) is 1. The largest absolute Gasteiger partial charge is 0.484 e. The van der Waals surface area contributed by atoms with Gasteiger partial charge in [-0.3, -0.25) is 4.90 Å². The molecular formula is C18H19NO. The first-order chi connectivity index (χ1) is 9.72. The molecule has 1 saturated heterocycles. The summed E-state index contributed by atoms with van der Waals surface area (Å²) in [4.78, 5) is 2.52. The standard InChI is InChI=1S/C18H19NO/c1-11-6-7-13-14-10-12-4-3-5-15-16(12)18(13,17(11)20-15)8-9-19(14)2/h3-7,14,17H,8-10H2,1-2H3/t14?,17-,18-/m0/s1. The zero-order valence-corrected chi connectivity index (χ0v) is 12.0. The zero-order valence-electron chi connectivity index (χ0n) is 12.0. The lowest BCUT2D eigenvalue weighted by Crippen LogP contribution is -2.58. The highest BCUT2D eigenvalue weighted by Gasteiger charge is 2.59. The highest BCUT2D eigenvalue weighted by molar-refractivity contribution is 5.64. The van der Waals surface area contributed by atoms with Crippen LogP contribution in [0.4, 0.5) is 0 Å².